The molecule has 0 spiro atoms. The van der Waals surface area contributed by atoms with Crippen LogP contribution in [0.2, 0.25) is 0 Å². The van der Waals surface area contributed by atoms with E-state index in [0.29, 0.717) is 17.9 Å². The number of pyridine rings is 1. The van der Waals surface area contributed by atoms with Crippen LogP contribution in [0.25, 0.3) is 0 Å². The van der Waals surface area contributed by atoms with E-state index in [4.69, 9.17) is 5.26 Å². The molecule has 1 aliphatic heterocycles. The van der Waals surface area contributed by atoms with Gasteiger partial charge in [0.1, 0.15) is 17.5 Å². The highest BCUT2D eigenvalue weighted by molar-refractivity contribution is 5.81. The maximum absolute atomic E-state index is 11.4. The average molecular weight is 229 g/mol. The molecule has 1 aromatic heterocycles. The van der Waals surface area contributed by atoms with Gasteiger partial charge in [-0.25, -0.2) is 4.98 Å². The third-order valence-electron chi connectivity index (χ3n) is 3.10. The number of carbonyl (C=O) groups excluding carboxylic acids is 1. The van der Waals surface area contributed by atoms with E-state index < -0.39 is 0 Å². The zero-order valence-electron chi connectivity index (χ0n) is 9.89. The topological polar surface area (TPSA) is 57.0 Å². The van der Waals surface area contributed by atoms with Crippen molar-refractivity contribution in [3.05, 3.63) is 29.6 Å². The Labute approximate surface area is 101 Å². The third kappa shape index (κ3) is 2.89. The minimum atomic E-state index is 0.126. The molecule has 4 heteroatoms. The van der Waals surface area contributed by atoms with E-state index in [9.17, 15) is 4.79 Å². The van der Waals surface area contributed by atoms with Gasteiger partial charge in [-0.15, -0.1) is 0 Å². The number of nitrogens with zero attached hydrogens (tertiary/aromatic N) is 3. The van der Waals surface area contributed by atoms with E-state index in [2.05, 4.69) is 9.88 Å². The molecular formula is C13H15N3O. The Morgan fingerprint density at radius 3 is 3.18 bits per heavy atom. The smallest absolute Gasteiger partial charge is 0.140 e. The first-order chi connectivity index (χ1) is 8.19. The fourth-order valence-electron chi connectivity index (χ4n) is 2.13. The van der Waals surface area contributed by atoms with Crippen LogP contribution in [0.15, 0.2) is 18.3 Å². The van der Waals surface area contributed by atoms with Crippen molar-refractivity contribution in [1.29, 1.82) is 5.26 Å². The molecule has 17 heavy (non-hydrogen) atoms. The largest absolute Gasteiger partial charge is 0.299 e. The number of nitriles is 1. The van der Waals surface area contributed by atoms with E-state index in [1.54, 1.807) is 12.3 Å². The van der Waals surface area contributed by atoms with Gasteiger partial charge in [0.05, 0.1) is 0 Å². The molecule has 1 aliphatic rings. The molecule has 4 nitrogen and oxygen atoms in total. The second-order valence-corrected chi connectivity index (χ2v) is 4.51. The number of ketones is 1. The van der Waals surface area contributed by atoms with Crippen LogP contribution < -0.4 is 0 Å². The lowest BCUT2D eigenvalue weighted by Crippen LogP contribution is -2.39. The molecule has 0 aliphatic carbocycles. The van der Waals surface area contributed by atoms with Gasteiger partial charge >= 0.3 is 0 Å². The summed E-state index contributed by atoms with van der Waals surface area (Å²) in [5.41, 5.74) is 1.53. The third-order valence-corrected chi connectivity index (χ3v) is 3.10. The second kappa shape index (κ2) is 5.07. The first kappa shape index (κ1) is 11.7. The maximum atomic E-state index is 11.4. The molecule has 1 saturated heterocycles. The molecule has 2 heterocycles. The first-order valence-electron chi connectivity index (χ1n) is 5.79. The van der Waals surface area contributed by atoms with Crippen molar-refractivity contribution in [2.45, 2.75) is 19.9 Å². The van der Waals surface area contributed by atoms with Crippen LogP contribution in [0.1, 0.15) is 24.6 Å². The lowest BCUT2D eigenvalue weighted by atomic mass is 9.98. The summed E-state index contributed by atoms with van der Waals surface area (Å²) >= 11 is 0. The molecule has 1 fully saturated rings. The number of hydrogen-bond donors (Lipinski definition) is 0. The number of Topliss-reactive ketones (excluding diaryl/α,β-unsaturated/α-hetero) is 1. The van der Waals surface area contributed by atoms with Crippen LogP contribution in [-0.4, -0.2) is 28.8 Å². The summed E-state index contributed by atoms with van der Waals surface area (Å²) in [5.74, 6) is 0.481. The molecular weight excluding hydrogens is 214 g/mol. The zero-order chi connectivity index (χ0) is 12.3. The van der Waals surface area contributed by atoms with Crippen molar-refractivity contribution >= 4 is 5.78 Å². The average Bonchev–Trinajstić information content (AvgIpc) is 2.34. The molecule has 1 unspecified atom stereocenters. The molecule has 1 atom stereocenters. The highest BCUT2D eigenvalue weighted by Crippen LogP contribution is 2.15. The van der Waals surface area contributed by atoms with Crippen LogP contribution >= 0.6 is 0 Å². The Bertz CT molecular complexity index is 464. The predicted molar refractivity (Wildman–Crippen MR) is 63.0 cm³/mol. The summed E-state index contributed by atoms with van der Waals surface area (Å²) in [6.45, 7) is 4.38. The summed E-state index contributed by atoms with van der Waals surface area (Å²) in [6.07, 6.45) is 2.30. The van der Waals surface area contributed by atoms with Crippen LogP contribution in [0.5, 0.6) is 0 Å². The SMILES string of the molecule is CC1CN(Cc2ccnc(C#N)c2)CCC1=O. The molecule has 88 valence electrons. The highest BCUT2D eigenvalue weighted by atomic mass is 16.1. The summed E-state index contributed by atoms with van der Waals surface area (Å²) in [7, 11) is 0. The number of piperidine rings is 1. The predicted octanol–water partition coefficient (Wildman–Crippen LogP) is 1.36. The first-order valence-corrected chi connectivity index (χ1v) is 5.79. The minimum absolute atomic E-state index is 0.126. The second-order valence-electron chi connectivity index (χ2n) is 4.51. The lowest BCUT2D eigenvalue weighted by molar-refractivity contribution is -0.125. The van der Waals surface area contributed by atoms with Gasteiger partial charge in [0.25, 0.3) is 0 Å². The van der Waals surface area contributed by atoms with Gasteiger partial charge in [0.2, 0.25) is 0 Å². The Morgan fingerprint density at radius 1 is 1.65 bits per heavy atom. The van der Waals surface area contributed by atoms with E-state index in [0.717, 1.165) is 25.2 Å². The Hall–Kier alpha value is -1.73. The van der Waals surface area contributed by atoms with Gasteiger partial charge in [-0.2, -0.15) is 5.26 Å². The van der Waals surface area contributed by atoms with Crippen molar-refractivity contribution in [3.8, 4) is 6.07 Å². The van der Waals surface area contributed by atoms with Crippen LogP contribution in [-0.2, 0) is 11.3 Å². The van der Waals surface area contributed by atoms with Crippen molar-refractivity contribution in [3.63, 3.8) is 0 Å². The summed E-state index contributed by atoms with van der Waals surface area (Å²) in [5, 5.41) is 8.77. The monoisotopic (exact) mass is 229 g/mol. The quantitative estimate of drug-likeness (QED) is 0.768. The molecule has 0 amide bonds. The number of hydrogen-bond acceptors (Lipinski definition) is 4. The maximum Gasteiger partial charge on any atom is 0.140 e. The number of likely N-dealkylation sites (tertiary alicyclic amines) is 1. The minimum Gasteiger partial charge on any atom is -0.299 e. The normalized spacial score (nSPS) is 21.2. The highest BCUT2D eigenvalue weighted by Gasteiger charge is 2.23. The molecule has 0 N–H and O–H groups in total. The fraction of sp³-hybridized carbons (Fsp3) is 0.462. The van der Waals surface area contributed by atoms with Crippen molar-refractivity contribution in [1.82, 2.24) is 9.88 Å². The fourth-order valence-corrected chi connectivity index (χ4v) is 2.13. The van der Waals surface area contributed by atoms with E-state index in [-0.39, 0.29) is 5.92 Å². The van der Waals surface area contributed by atoms with Gasteiger partial charge in [-0.05, 0) is 17.7 Å². The molecule has 0 radical (unpaired) electrons. The van der Waals surface area contributed by atoms with E-state index in [1.165, 1.54) is 0 Å². The van der Waals surface area contributed by atoms with Gasteiger partial charge < -0.3 is 0 Å². The Morgan fingerprint density at radius 2 is 2.47 bits per heavy atom. The number of aromatic nitrogens is 1. The Balaban J connectivity index is 2.01. The zero-order valence-corrected chi connectivity index (χ0v) is 9.89. The van der Waals surface area contributed by atoms with Crippen molar-refractivity contribution in [2.24, 2.45) is 5.92 Å². The van der Waals surface area contributed by atoms with Crippen LogP contribution in [0.3, 0.4) is 0 Å². The molecule has 2 rings (SSSR count). The van der Waals surface area contributed by atoms with E-state index >= 15 is 0 Å². The van der Waals surface area contributed by atoms with Crippen LogP contribution in [0, 0.1) is 17.2 Å². The van der Waals surface area contributed by atoms with Crippen molar-refractivity contribution < 1.29 is 4.79 Å². The van der Waals surface area contributed by atoms with Crippen LogP contribution in [0.4, 0.5) is 0 Å². The number of carbonyl (C=O) groups is 1. The van der Waals surface area contributed by atoms with E-state index in [1.807, 2.05) is 19.1 Å². The molecule has 1 aromatic rings. The molecule has 0 saturated carbocycles. The number of rotatable bonds is 2. The summed E-state index contributed by atoms with van der Waals surface area (Å²) < 4.78 is 0. The molecule has 0 aromatic carbocycles. The Kier molecular flexibility index (Phi) is 3.50. The lowest BCUT2D eigenvalue weighted by Gasteiger charge is -2.29. The van der Waals surface area contributed by atoms with Crippen molar-refractivity contribution in [2.75, 3.05) is 13.1 Å². The van der Waals surface area contributed by atoms with Gasteiger partial charge in [0.15, 0.2) is 0 Å². The van der Waals surface area contributed by atoms with Gasteiger partial charge in [-0.1, -0.05) is 6.92 Å². The molecule has 0 bridgehead atoms. The van der Waals surface area contributed by atoms with Gasteiger partial charge in [0, 0.05) is 38.2 Å². The summed E-state index contributed by atoms with van der Waals surface area (Å²) in [4.78, 5) is 17.6. The standard InChI is InChI=1S/C13H15N3O/c1-10-8-16(5-3-13(10)17)9-11-2-4-15-12(6-11)7-14/h2,4,6,10H,3,5,8-9H2,1H3. The summed E-state index contributed by atoms with van der Waals surface area (Å²) in [6, 6.07) is 5.76. The van der Waals surface area contributed by atoms with Gasteiger partial charge in [-0.3, -0.25) is 9.69 Å².